The zero-order chi connectivity index (χ0) is 13.6. The second-order valence-corrected chi connectivity index (χ2v) is 6.33. The number of hydrogen-bond donors (Lipinski definition) is 2. The van der Waals surface area contributed by atoms with Crippen molar-refractivity contribution in [1.82, 2.24) is 5.32 Å². The molecule has 4 nitrogen and oxygen atoms in total. The molecule has 0 aromatic rings. The second kappa shape index (κ2) is 7.58. The molecule has 0 radical (unpaired) electrons. The minimum absolute atomic E-state index is 0.249. The van der Waals surface area contributed by atoms with Crippen molar-refractivity contribution in [3.05, 3.63) is 0 Å². The van der Waals surface area contributed by atoms with Crippen LogP contribution < -0.4 is 11.1 Å². The Morgan fingerprint density at radius 1 is 1.21 bits per heavy atom. The van der Waals surface area contributed by atoms with Gasteiger partial charge in [-0.15, -0.1) is 0 Å². The van der Waals surface area contributed by atoms with Crippen molar-refractivity contribution in [2.24, 2.45) is 11.1 Å². The third-order valence-corrected chi connectivity index (χ3v) is 4.81. The molecule has 19 heavy (non-hydrogen) atoms. The number of rotatable bonds is 5. The number of nitrogens with one attached hydrogen (secondary N) is 1. The zero-order valence-electron chi connectivity index (χ0n) is 12.3. The van der Waals surface area contributed by atoms with E-state index in [2.05, 4.69) is 5.32 Å². The van der Waals surface area contributed by atoms with Gasteiger partial charge in [0.05, 0.1) is 6.61 Å². The van der Waals surface area contributed by atoms with Gasteiger partial charge in [-0.3, -0.25) is 0 Å². The van der Waals surface area contributed by atoms with Gasteiger partial charge in [0, 0.05) is 44.4 Å². The van der Waals surface area contributed by atoms with Gasteiger partial charge in [-0.1, -0.05) is 19.3 Å². The predicted octanol–water partition coefficient (Wildman–Crippen LogP) is 1.68. The Hall–Kier alpha value is -0.160. The lowest BCUT2D eigenvalue weighted by molar-refractivity contribution is -0.0284. The Morgan fingerprint density at radius 3 is 2.68 bits per heavy atom. The smallest absolute Gasteiger partial charge is 0.0532 e. The third kappa shape index (κ3) is 4.42. The Morgan fingerprint density at radius 2 is 1.95 bits per heavy atom. The van der Waals surface area contributed by atoms with E-state index in [0.29, 0.717) is 12.1 Å². The molecule has 0 aromatic heterocycles. The third-order valence-electron chi connectivity index (χ3n) is 4.81. The first-order chi connectivity index (χ1) is 9.26. The molecule has 3 N–H and O–H groups in total. The summed E-state index contributed by atoms with van der Waals surface area (Å²) in [6, 6.07) is 0.806. The molecule has 1 aliphatic carbocycles. The highest BCUT2D eigenvalue weighted by atomic mass is 16.5. The van der Waals surface area contributed by atoms with Crippen molar-refractivity contribution in [2.45, 2.75) is 57.0 Å². The lowest BCUT2D eigenvalue weighted by atomic mass is 9.80. The van der Waals surface area contributed by atoms with Gasteiger partial charge < -0.3 is 20.5 Å². The van der Waals surface area contributed by atoms with Gasteiger partial charge >= 0.3 is 0 Å². The van der Waals surface area contributed by atoms with Gasteiger partial charge in [-0.25, -0.2) is 0 Å². The van der Waals surface area contributed by atoms with E-state index >= 15 is 0 Å². The molecule has 1 saturated carbocycles. The van der Waals surface area contributed by atoms with E-state index in [4.69, 9.17) is 15.2 Å². The largest absolute Gasteiger partial charge is 0.384 e. The Balaban J connectivity index is 1.86. The van der Waals surface area contributed by atoms with E-state index in [1.807, 2.05) is 0 Å². The van der Waals surface area contributed by atoms with Crippen molar-refractivity contribution >= 4 is 0 Å². The summed E-state index contributed by atoms with van der Waals surface area (Å²) in [4.78, 5) is 0. The second-order valence-electron chi connectivity index (χ2n) is 6.33. The lowest BCUT2D eigenvalue weighted by Crippen LogP contribution is -2.50. The van der Waals surface area contributed by atoms with Crippen LogP contribution in [0.3, 0.4) is 0 Å². The average molecular weight is 270 g/mol. The van der Waals surface area contributed by atoms with Crippen LogP contribution in [0, 0.1) is 5.41 Å². The topological polar surface area (TPSA) is 56.5 Å². The number of ether oxygens (including phenoxy) is 2. The summed E-state index contributed by atoms with van der Waals surface area (Å²) < 4.78 is 10.9. The first kappa shape index (κ1) is 15.2. The molecule has 0 spiro atoms. The van der Waals surface area contributed by atoms with E-state index in [0.717, 1.165) is 45.6 Å². The maximum atomic E-state index is 6.29. The highest BCUT2D eigenvalue weighted by Gasteiger charge is 2.33. The minimum Gasteiger partial charge on any atom is -0.384 e. The standard InChI is InChI=1S/C15H30N2O2/c1-18-12-15(7-9-19-10-8-15)11-17-14-6-4-2-3-5-13(14)16/h13-14,17H,2-12,16H2,1H3. The fraction of sp³-hybridized carbons (Fsp3) is 1.00. The molecular formula is C15H30N2O2. The van der Waals surface area contributed by atoms with Crippen LogP contribution in [0.5, 0.6) is 0 Å². The first-order valence-electron chi connectivity index (χ1n) is 7.81. The fourth-order valence-corrected chi connectivity index (χ4v) is 3.42. The molecule has 0 aromatic carbocycles. The highest BCUT2D eigenvalue weighted by molar-refractivity contribution is 4.89. The van der Waals surface area contributed by atoms with E-state index < -0.39 is 0 Å². The summed E-state index contributed by atoms with van der Waals surface area (Å²) >= 11 is 0. The van der Waals surface area contributed by atoms with Gasteiger partial charge in [0.25, 0.3) is 0 Å². The van der Waals surface area contributed by atoms with Crippen LogP contribution in [-0.2, 0) is 9.47 Å². The first-order valence-corrected chi connectivity index (χ1v) is 7.81. The summed E-state index contributed by atoms with van der Waals surface area (Å²) in [5, 5.41) is 3.75. The fourth-order valence-electron chi connectivity index (χ4n) is 3.42. The Bertz CT molecular complexity index is 249. The van der Waals surface area contributed by atoms with E-state index in [9.17, 15) is 0 Å². The summed E-state index contributed by atoms with van der Waals surface area (Å²) in [7, 11) is 1.80. The molecule has 2 rings (SSSR count). The monoisotopic (exact) mass is 270 g/mol. The normalized spacial score (nSPS) is 31.9. The maximum absolute atomic E-state index is 6.29. The molecule has 112 valence electrons. The van der Waals surface area contributed by atoms with Gasteiger partial charge in [0.15, 0.2) is 0 Å². The predicted molar refractivity (Wildman–Crippen MR) is 77.2 cm³/mol. The molecular weight excluding hydrogens is 240 g/mol. The average Bonchev–Trinajstić information content (AvgIpc) is 2.63. The maximum Gasteiger partial charge on any atom is 0.0532 e. The van der Waals surface area contributed by atoms with Crippen LogP contribution in [0.1, 0.15) is 44.9 Å². The van der Waals surface area contributed by atoms with Crippen molar-refractivity contribution in [1.29, 1.82) is 0 Å². The van der Waals surface area contributed by atoms with E-state index in [-0.39, 0.29) is 5.41 Å². The van der Waals surface area contributed by atoms with Crippen molar-refractivity contribution in [3.8, 4) is 0 Å². The summed E-state index contributed by atoms with van der Waals surface area (Å²) in [6.45, 7) is 3.57. The van der Waals surface area contributed by atoms with Crippen LogP contribution >= 0.6 is 0 Å². The van der Waals surface area contributed by atoms with E-state index in [1.54, 1.807) is 7.11 Å². The van der Waals surface area contributed by atoms with Crippen LogP contribution in [-0.4, -0.2) is 45.6 Å². The minimum atomic E-state index is 0.249. The van der Waals surface area contributed by atoms with Crippen LogP contribution in [0.15, 0.2) is 0 Å². The van der Waals surface area contributed by atoms with E-state index in [1.165, 1.54) is 25.7 Å². The molecule has 1 heterocycles. The number of nitrogens with two attached hydrogens (primary N) is 1. The molecule has 1 saturated heterocycles. The van der Waals surface area contributed by atoms with Gasteiger partial charge in [0.1, 0.15) is 0 Å². The van der Waals surface area contributed by atoms with Crippen molar-refractivity contribution in [3.63, 3.8) is 0 Å². The van der Waals surface area contributed by atoms with Gasteiger partial charge in [0.2, 0.25) is 0 Å². The van der Waals surface area contributed by atoms with Gasteiger partial charge in [-0.05, 0) is 25.7 Å². The Kier molecular flexibility index (Phi) is 6.07. The molecule has 2 fully saturated rings. The SMILES string of the molecule is COCC1(CNC2CCCCCC2N)CCOCC1. The highest BCUT2D eigenvalue weighted by Crippen LogP contribution is 2.30. The molecule has 4 heteroatoms. The lowest BCUT2D eigenvalue weighted by Gasteiger charge is -2.38. The molecule has 2 unspecified atom stereocenters. The van der Waals surface area contributed by atoms with Gasteiger partial charge in [-0.2, -0.15) is 0 Å². The summed E-state index contributed by atoms with van der Waals surface area (Å²) in [6.07, 6.45) is 8.51. The molecule has 0 bridgehead atoms. The quantitative estimate of drug-likeness (QED) is 0.746. The molecule has 2 aliphatic rings. The molecule has 0 amide bonds. The zero-order valence-corrected chi connectivity index (χ0v) is 12.3. The number of methoxy groups -OCH3 is 1. The van der Waals surface area contributed by atoms with Crippen molar-refractivity contribution in [2.75, 3.05) is 33.5 Å². The number of hydrogen-bond acceptors (Lipinski definition) is 4. The van der Waals surface area contributed by atoms with Crippen molar-refractivity contribution < 1.29 is 9.47 Å². The van der Waals surface area contributed by atoms with Crippen LogP contribution in [0.4, 0.5) is 0 Å². The molecule has 1 aliphatic heterocycles. The molecule has 2 atom stereocenters. The summed E-state index contributed by atoms with van der Waals surface area (Å²) in [5.41, 5.74) is 6.54. The summed E-state index contributed by atoms with van der Waals surface area (Å²) in [5.74, 6) is 0. The van der Waals surface area contributed by atoms with Crippen LogP contribution in [0.2, 0.25) is 0 Å². The Labute approximate surface area is 117 Å². The van der Waals surface area contributed by atoms with Crippen LogP contribution in [0.25, 0.3) is 0 Å².